The molecule has 0 unspecified atom stereocenters. The van der Waals surface area contributed by atoms with E-state index in [-0.39, 0.29) is 0 Å². The van der Waals surface area contributed by atoms with E-state index >= 15 is 0 Å². The Balaban J connectivity index is 2.72. The van der Waals surface area contributed by atoms with Crippen LogP contribution in [0.15, 0.2) is 74.9 Å². The first kappa shape index (κ1) is 12.3. The van der Waals surface area contributed by atoms with Crippen LogP contribution in [0.4, 0.5) is 0 Å². The summed E-state index contributed by atoms with van der Waals surface area (Å²) in [6.45, 7) is 0. The van der Waals surface area contributed by atoms with Crippen LogP contribution in [0.3, 0.4) is 0 Å². The highest BCUT2D eigenvalue weighted by Gasteiger charge is 2.19. The highest BCUT2D eigenvalue weighted by atomic mass is 32.2. The van der Waals surface area contributed by atoms with Gasteiger partial charge < -0.3 is 0 Å². The molecule has 6 heteroatoms. The summed E-state index contributed by atoms with van der Waals surface area (Å²) < 4.78 is 16.0. The van der Waals surface area contributed by atoms with Crippen molar-refractivity contribution in [3.63, 3.8) is 0 Å². The summed E-state index contributed by atoms with van der Waals surface area (Å²) in [6.07, 6.45) is 0. The van der Waals surface area contributed by atoms with Gasteiger partial charge in [-0.1, -0.05) is 36.4 Å². The molecule has 0 spiro atoms. The molecule has 92 valence electrons. The van der Waals surface area contributed by atoms with Crippen molar-refractivity contribution in [1.29, 1.82) is 0 Å². The molecule has 0 N–H and O–H groups in total. The Labute approximate surface area is 104 Å². The van der Waals surface area contributed by atoms with E-state index < -0.39 is 14.8 Å². The molecule has 2 aromatic carbocycles. The second-order valence-electron chi connectivity index (χ2n) is 3.47. The van der Waals surface area contributed by atoms with Crippen LogP contribution in [0.5, 0.6) is 0 Å². The molecule has 5 nitrogen and oxygen atoms in total. The third kappa shape index (κ3) is 2.38. The third-order valence-corrected chi connectivity index (χ3v) is 4.49. The maximum absolute atomic E-state index is 12.8. The quantitative estimate of drug-likeness (QED) is 0.630. The number of hydrogen-bond acceptors (Lipinski definition) is 3. The predicted molar refractivity (Wildman–Crippen MR) is 67.0 cm³/mol. The average molecular weight is 262 g/mol. The zero-order valence-electron chi connectivity index (χ0n) is 9.30. The highest BCUT2D eigenvalue weighted by Crippen LogP contribution is 2.23. The van der Waals surface area contributed by atoms with Crippen molar-refractivity contribution in [2.75, 3.05) is 0 Å². The van der Waals surface area contributed by atoms with Crippen molar-refractivity contribution in [2.45, 2.75) is 9.79 Å². The molecule has 0 saturated heterocycles. The summed E-state index contributed by atoms with van der Waals surface area (Å²) in [7, 11) is -3.22. The molecule has 18 heavy (non-hydrogen) atoms. The molecule has 0 radical (unpaired) electrons. The topological polar surface area (TPSA) is 72.6 Å². The number of rotatable bonds is 3. The Kier molecular flexibility index (Phi) is 3.38. The van der Waals surface area contributed by atoms with Crippen molar-refractivity contribution >= 4 is 9.73 Å². The van der Waals surface area contributed by atoms with Gasteiger partial charge in [0.25, 0.3) is 0 Å². The molecule has 0 heterocycles. The summed E-state index contributed by atoms with van der Waals surface area (Å²) in [5.41, 5.74) is 0. The SMILES string of the molecule is O=[N+]([O-])N=S(=O)(c1ccccc1)c1ccccc1. The van der Waals surface area contributed by atoms with Crippen molar-refractivity contribution in [3.8, 4) is 0 Å². The zero-order valence-corrected chi connectivity index (χ0v) is 10.1. The normalized spacial score (nSPS) is 10.9. The minimum atomic E-state index is -3.22. The largest absolute Gasteiger partial charge is 0.234 e. The highest BCUT2D eigenvalue weighted by molar-refractivity contribution is 7.93. The monoisotopic (exact) mass is 262 g/mol. The van der Waals surface area contributed by atoms with E-state index in [2.05, 4.69) is 4.47 Å². The first-order valence-electron chi connectivity index (χ1n) is 5.14. The first-order chi connectivity index (χ1) is 8.63. The van der Waals surface area contributed by atoms with Gasteiger partial charge in [0.1, 0.15) is 4.47 Å². The predicted octanol–water partition coefficient (Wildman–Crippen LogP) is 2.76. The van der Waals surface area contributed by atoms with Crippen LogP contribution in [0, 0.1) is 10.1 Å². The molecule has 0 fully saturated rings. The van der Waals surface area contributed by atoms with E-state index in [1.807, 2.05) is 0 Å². The minimum Gasteiger partial charge on any atom is -0.234 e. The van der Waals surface area contributed by atoms with Crippen LogP contribution in [0.25, 0.3) is 0 Å². The van der Waals surface area contributed by atoms with Crippen LogP contribution in [0.1, 0.15) is 0 Å². The van der Waals surface area contributed by atoms with Gasteiger partial charge in [-0.05, 0) is 24.3 Å². The number of hydrogen-bond donors (Lipinski definition) is 0. The smallest absolute Gasteiger partial charge is 0.200 e. The van der Waals surface area contributed by atoms with Gasteiger partial charge in [-0.25, -0.2) is 14.3 Å². The maximum Gasteiger partial charge on any atom is 0.200 e. The van der Waals surface area contributed by atoms with Gasteiger partial charge in [-0.15, -0.1) is 0 Å². The fraction of sp³-hybridized carbons (Fsp3) is 0. The maximum atomic E-state index is 12.8. The molecule has 0 aromatic heterocycles. The molecule has 2 rings (SSSR count). The Hall–Kier alpha value is -2.21. The van der Waals surface area contributed by atoms with E-state index in [1.165, 1.54) is 0 Å². The molecular weight excluding hydrogens is 252 g/mol. The number of nitrogens with zero attached hydrogens (tertiary/aromatic N) is 2. The number of benzene rings is 2. The average Bonchev–Trinajstić information content (AvgIpc) is 2.40. The van der Waals surface area contributed by atoms with Crippen molar-refractivity contribution in [2.24, 2.45) is 4.47 Å². The Morgan fingerprint density at radius 1 is 0.889 bits per heavy atom. The Morgan fingerprint density at radius 2 is 1.28 bits per heavy atom. The molecule has 0 bridgehead atoms. The van der Waals surface area contributed by atoms with Crippen LogP contribution < -0.4 is 0 Å². The molecule has 2 aromatic rings. The molecule has 0 aliphatic rings. The molecule has 0 aliphatic heterocycles. The molecule has 0 saturated carbocycles. The number of nitro groups is 1. The fourth-order valence-electron chi connectivity index (χ4n) is 1.53. The summed E-state index contributed by atoms with van der Waals surface area (Å²) >= 11 is 0. The van der Waals surface area contributed by atoms with E-state index in [0.29, 0.717) is 9.79 Å². The molecule has 0 aliphatic carbocycles. The van der Waals surface area contributed by atoms with Crippen LogP contribution >= 0.6 is 0 Å². The zero-order chi connectivity index (χ0) is 13.0. The minimum absolute atomic E-state index is 0.327. The van der Waals surface area contributed by atoms with Crippen molar-refractivity contribution < 1.29 is 9.24 Å². The van der Waals surface area contributed by atoms with Gasteiger partial charge in [-0.3, -0.25) is 0 Å². The Bertz CT molecular complexity index is 617. The van der Waals surface area contributed by atoms with Gasteiger partial charge in [0, 0.05) is 0 Å². The summed E-state index contributed by atoms with van der Waals surface area (Å²) in [4.78, 5) is 11.3. The first-order valence-corrected chi connectivity index (χ1v) is 6.66. The lowest BCUT2D eigenvalue weighted by Gasteiger charge is -2.06. The van der Waals surface area contributed by atoms with Gasteiger partial charge in [0.2, 0.25) is 5.03 Å². The van der Waals surface area contributed by atoms with Crippen molar-refractivity contribution in [1.82, 2.24) is 0 Å². The van der Waals surface area contributed by atoms with E-state index in [9.17, 15) is 14.3 Å². The molecule has 0 amide bonds. The second kappa shape index (κ2) is 4.97. The van der Waals surface area contributed by atoms with Crippen LogP contribution in [0.2, 0.25) is 0 Å². The van der Waals surface area contributed by atoms with Gasteiger partial charge in [-0.2, -0.15) is 0 Å². The standard InChI is InChI=1S/C12H10N2O3S/c15-14(16)13-18(17,11-7-3-1-4-8-11)12-9-5-2-6-10-12/h1-10H. The lowest BCUT2D eigenvalue weighted by Crippen LogP contribution is -2.05. The van der Waals surface area contributed by atoms with Crippen LogP contribution in [-0.4, -0.2) is 9.24 Å². The molecular formula is C12H10N2O3S. The summed E-state index contributed by atoms with van der Waals surface area (Å²) in [5, 5.41) is 9.72. The third-order valence-electron chi connectivity index (χ3n) is 2.31. The van der Waals surface area contributed by atoms with Gasteiger partial charge in [0.05, 0.1) is 9.79 Å². The van der Waals surface area contributed by atoms with E-state index in [1.54, 1.807) is 60.7 Å². The van der Waals surface area contributed by atoms with Gasteiger partial charge in [0.15, 0.2) is 9.73 Å². The lowest BCUT2D eigenvalue weighted by atomic mass is 10.4. The van der Waals surface area contributed by atoms with Gasteiger partial charge >= 0.3 is 0 Å². The summed E-state index contributed by atoms with van der Waals surface area (Å²) in [6, 6.07) is 16.5. The van der Waals surface area contributed by atoms with E-state index in [0.717, 1.165) is 0 Å². The Morgan fingerprint density at radius 3 is 1.61 bits per heavy atom. The fourth-order valence-corrected chi connectivity index (χ4v) is 3.23. The van der Waals surface area contributed by atoms with Crippen molar-refractivity contribution in [3.05, 3.63) is 70.8 Å². The second-order valence-corrected chi connectivity index (χ2v) is 5.63. The van der Waals surface area contributed by atoms with Crippen LogP contribution in [-0.2, 0) is 9.73 Å². The molecule has 0 atom stereocenters. The lowest BCUT2D eigenvalue weighted by molar-refractivity contribution is -0.482. The van der Waals surface area contributed by atoms with E-state index in [4.69, 9.17) is 0 Å². The summed E-state index contributed by atoms with van der Waals surface area (Å²) in [5.74, 6) is 0.